The second-order valence-corrected chi connectivity index (χ2v) is 5.91. The molecule has 1 atom stereocenters. The first-order valence-electron chi connectivity index (χ1n) is 7.07. The average Bonchev–Trinajstić information content (AvgIpc) is 3.03. The van der Waals surface area contributed by atoms with E-state index in [9.17, 15) is 9.18 Å². The summed E-state index contributed by atoms with van der Waals surface area (Å²) in [5, 5.41) is 2.82. The summed E-state index contributed by atoms with van der Waals surface area (Å²) < 4.78 is 19.6. The number of carbonyl (C=O) groups is 1. The molecule has 3 rings (SSSR count). The van der Waals surface area contributed by atoms with Crippen molar-refractivity contribution in [3.05, 3.63) is 64.9 Å². The minimum Gasteiger partial charge on any atom is -0.375 e. The Labute approximate surface area is 136 Å². The topological polar surface area (TPSA) is 51.2 Å². The van der Waals surface area contributed by atoms with Crippen LogP contribution in [0, 0.1) is 5.82 Å². The predicted molar refractivity (Wildman–Crippen MR) is 88.1 cm³/mol. The lowest BCUT2D eigenvalue weighted by atomic mass is 10.1. The summed E-state index contributed by atoms with van der Waals surface area (Å²) in [5.74, 6) is -0.523. The van der Waals surface area contributed by atoms with Crippen LogP contribution in [0.15, 0.2) is 48.0 Å². The number of fused-ring (bicyclic) bond motifs is 1. The number of carbonyl (C=O) groups excluding carboxylic acids is 1. The highest BCUT2D eigenvalue weighted by molar-refractivity contribution is 7.16. The first-order chi connectivity index (χ1) is 11.2. The number of thiazole rings is 1. The molecular formula is C17H15FN2O2S. The van der Waals surface area contributed by atoms with Crippen molar-refractivity contribution in [1.82, 2.24) is 10.3 Å². The fourth-order valence-corrected chi connectivity index (χ4v) is 3.04. The standard InChI is InChI=1S/C17H15FN2O2S/c1-22-15(11-3-2-4-13(18)7-11)9-19-17(21)12-5-6-14-16(8-12)23-10-20-14/h2-8,10,15H,9H2,1H3,(H,19,21). The van der Waals surface area contributed by atoms with Gasteiger partial charge in [-0.15, -0.1) is 11.3 Å². The Kier molecular flexibility index (Phi) is 4.64. The van der Waals surface area contributed by atoms with E-state index >= 15 is 0 Å². The van der Waals surface area contributed by atoms with Crippen LogP contribution in [-0.2, 0) is 4.74 Å². The molecule has 0 spiro atoms. The van der Waals surface area contributed by atoms with E-state index in [1.165, 1.54) is 30.6 Å². The Morgan fingerprint density at radius 3 is 3.00 bits per heavy atom. The second-order valence-electron chi connectivity index (χ2n) is 5.02. The van der Waals surface area contributed by atoms with Gasteiger partial charge in [0.05, 0.1) is 21.8 Å². The lowest BCUT2D eigenvalue weighted by Gasteiger charge is -2.16. The summed E-state index contributed by atoms with van der Waals surface area (Å²) in [6.45, 7) is 0.263. The number of benzene rings is 2. The summed E-state index contributed by atoms with van der Waals surface area (Å²) in [7, 11) is 1.53. The van der Waals surface area contributed by atoms with Gasteiger partial charge in [0, 0.05) is 19.2 Å². The molecule has 0 aliphatic rings. The minimum absolute atomic E-state index is 0.196. The van der Waals surface area contributed by atoms with Crippen LogP contribution in [0.1, 0.15) is 22.0 Å². The molecule has 0 aliphatic carbocycles. The van der Waals surface area contributed by atoms with Gasteiger partial charge in [-0.2, -0.15) is 0 Å². The van der Waals surface area contributed by atoms with Crippen LogP contribution in [0.2, 0.25) is 0 Å². The molecule has 0 radical (unpaired) electrons. The van der Waals surface area contributed by atoms with Crippen LogP contribution in [0.25, 0.3) is 10.2 Å². The van der Waals surface area contributed by atoms with Gasteiger partial charge < -0.3 is 10.1 Å². The van der Waals surface area contributed by atoms with E-state index in [1.54, 1.807) is 23.7 Å². The highest BCUT2D eigenvalue weighted by Crippen LogP contribution is 2.20. The molecule has 3 aromatic rings. The maximum atomic E-state index is 13.3. The van der Waals surface area contributed by atoms with Gasteiger partial charge in [0.1, 0.15) is 5.82 Å². The van der Waals surface area contributed by atoms with E-state index in [4.69, 9.17) is 4.74 Å². The van der Waals surface area contributed by atoms with Crippen molar-refractivity contribution in [3.8, 4) is 0 Å². The fraction of sp³-hybridized carbons (Fsp3) is 0.176. The predicted octanol–water partition coefficient (Wildman–Crippen LogP) is 3.55. The van der Waals surface area contributed by atoms with Crippen LogP contribution >= 0.6 is 11.3 Å². The molecule has 1 aromatic heterocycles. The molecule has 1 unspecified atom stereocenters. The van der Waals surface area contributed by atoms with E-state index in [-0.39, 0.29) is 18.3 Å². The summed E-state index contributed by atoms with van der Waals surface area (Å²) in [5.41, 5.74) is 3.87. The maximum absolute atomic E-state index is 13.3. The number of hydrogen-bond donors (Lipinski definition) is 1. The van der Waals surface area contributed by atoms with Crippen molar-refractivity contribution in [2.24, 2.45) is 0 Å². The van der Waals surface area contributed by atoms with Crippen molar-refractivity contribution in [3.63, 3.8) is 0 Å². The van der Waals surface area contributed by atoms with Gasteiger partial charge in [-0.3, -0.25) is 4.79 Å². The van der Waals surface area contributed by atoms with Crippen molar-refractivity contribution in [2.75, 3.05) is 13.7 Å². The van der Waals surface area contributed by atoms with E-state index < -0.39 is 6.10 Å². The van der Waals surface area contributed by atoms with Gasteiger partial charge in [-0.1, -0.05) is 12.1 Å². The first-order valence-corrected chi connectivity index (χ1v) is 7.95. The van der Waals surface area contributed by atoms with E-state index in [1.807, 2.05) is 12.1 Å². The second kappa shape index (κ2) is 6.85. The zero-order valence-electron chi connectivity index (χ0n) is 12.5. The average molecular weight is 330 g/mol. The van der Waals surface area contributed by atoms with Crippen molar-refractivity contribution in [2.45, 2.75) is 6.10 Å². The van der Waals surface area contributed by atoms with Crippen LogP contribution in [0.3, 0.4) is 0 Å². The number of nitrogens with zero attached hydrogens (tertiary/aromatic N) is 1. The van der Waals surface area contributed by atoms with Gasteiger partial charge in [0.15, 0.2) is 0 Å². The molecule has 6 heteroatoms. The smallest absolute Gasteiger partial charge is 0.251 e. The van der Waals surface area contributed by atoms with Gasteiger partial charge in [0.2, 0.25) is 0 Å². The molecule has 23 heavy (non-hydrogen) atoms. The molecule has 0 aliphatic heterocycles. The lowest BCUT2D eigenvalue weighted by Crippen LogP contribution is -2.29. The number of hydrogen-bond acceptors (Lipinski definition) is 4. The number of nitrogens with one attached hydrogen (secondary N) is 1. The third-order valence-electron chi connectivity index (χ3n) is 3.55. The van der Waals surface area contributed by atoms with Crippen LogP contribution < -0.4 is 5.32 Å². The molecule has 4 nitrogen and oxygen atoms in total. The number of amides is 1. The third-order valence-corrected chi connectivity index (χ3v) is 4.34. The van der Waals surface area contributed by atoms with Crippen molar-refractivity contribution >= 4 is 27.5 Å². The zero-order chi connectivity index (χ0) is 16.2. The van der Waals surface area contributed by atoms with Gasteiger partial charge in [-0.05, 0) is 35.9 Å². The van der Waals surface area contributed by atoms with Crippen LogP contribution in [0.5, 0.6) is 0 Å². The molecule has 0 saturated carbocycles. The maximum Gasteiger partial charge on any atom is 0.251 e. The summed E-state index contributed by atoms with van der Waals surface area (Å²) in [4.78, 5) is 16.5. The number of methoxy groups -OCH3 is 1. The SMILES string of the molecule is COC(CNC(=O)c1ccc2ncsc2c1)c1cccc(F)c1. The molecule has 0 bridgehead atoms. The van der Waals surface area contributed by atoms with Gasteiger partial charge >= 0.3 is 0 Å². The molecule has 0 fully saturated rings. The van der Waals surface area contributed by atoms with E-state index in [0.29, 0.717) is 11.1 Å². The molecule has 0 saturated heterocycles. The first kappa shape index (κ1) is 15.6. The summed E-state index contributed by atoms with van der Waals surface area (Å²) in [6, 6.07) is 11.5. The summed E-state index contributed by atoms with van der Waals surface area (Å²) in [6.07, 6.45) is -0.401. The van der Waals surface area contributed by atoms with Crippen LogP contribution in [-0.4, -0.2) is 24.5 Å². The third kappa shape index (κ3) is 3.55. The molecule has 1 heterocycles. The highest BCUT2D eigenvalue weighted by atomic mass is 32.1. The lowest BCUT2D eigenvalue weighted by molar-refractivity contribution is 0.0827. The number of aromatic nitrogens is 1. The number of halogens is 1. The largest absolute Gasteiger partial charge is 0.375 e. The quantitative estimate of drug-likeness (QED) is 0.778. The summed E-state index contributed by atoms with van der Waals surface area (Å²) >= 11 is 1.49. The van der Waals surface area contributed by atoms with Crippen molar-refractivity contribution in [1.29, 1.82) is 0 Å². The Morgan fingerprint density at radius 2 is 2.22 bits per heavy atom. The Morgan fingerprint density at radius 1 is 1.35 bits per heavy atom. The van der Waals surface area contributed by atoms with Gasteiger partial charge in [0.25, 0.3) is 5.91 Å². The molecule has 1 N–H and O–H groups in total. The minimum atomic E-state index is -0.401. The highest BCUT2D eigenvalue weighted by Gasteiger charge is 2.14. The molecular weight excluding hydrogens is 315 g/mol. The fourth-order valence-electron chi connectivity index (χ4n) is 2.33. The normalized spacial score (nSPS) is 12.3. The van der Waals surface area contributed by atoms with Crippen LogP contribution in [0.4, 0.5) is 4.39 Å². The Balaban J connectivity index is 1.69. The zero-order valence-corrected chi connectivity index (χ0v) is 13.3. The monoisotopic (exact) mass is 330 g/mol. The molecule has 1 amide bonds. The molecule has 2 aromatic carbocycles. The van der Waals surface area contributed by atoms with E-state index in [0.717, 1.165) is 10.2 Å². The Bertz CT molecular complexity index is 834. The van der Waals surface area contributed by atoms with E-state index in [2.05, 4.69) is 10.3 Å². The van der Waals surface area contributed by atoms with Gasteiger partial charge in [-0.25, -0.2) is 9.37 Å². The number of rotatable bonds is 5. The molecule has 118 valence electrons. The number of ether oxygens (including phenoxy) is 1. The van der Waals surface area contributed by atoms with Crippen molar-refractivity contribution < 1.29 is 13.9 Å². The Hall–Kier alpha value is -2.31.